The topological polar surface area (TPSA) is 70.7 Å². The number of carbonyl (C=O) groups is 2. The number of hydrogen-bond donors (Lipinski definition) is 2. The van der Waals surface area contributed by atoms with Gasteiger partial charge in [-0.1, -0.05) is 29.8 Å². The van der Waals surface area contributed by atoms with Gasteiger partial charge in [-0.15, -0.1) is 0 Å². The summed E-state index contributed by atoms with van der Waals surface area (Å²) in [5.74, 6) is 0.0110. The molecular formula is C21H33N3O3. The van der Waals surface area contributed by atoms with Crippen molar-refractivity contribution in [1.82, 2.24) is 15.5 Å². The van der Waals surface area contributed by atoms with E-state index in [0.717, 1.165) is 24.8 Å². The van der Waals surface area contributed by atoms with Gasteiger partial charge in [0.2, 0.25) is 5.91 Å². The summed E-state index contributed by atoms with van der Waals surface area (Å²) in [6.07, 6.45) is 2.42. The van der Waals surface area contributed by atoms with Gasteiger partial charge in [-0.2, -0.15) is 0 Å². The van der Waals surface area contributed by atoms with Gasteiger partial charge in [0.1, 0.15) is 0 Å². The number of aryl methyl sites for hydroxylation is 1. The Morgan fingerprint density at radius 3 is 2.67 bits per heavy atom. The summed E-state index contributed by atoms with van der Waals surface area (Å²) >= 11 is 0. The lowest BCUT2D eigenvalue weighted by molar-refractivity contribution is -0.132. The first-order valence-corrected chi connectivity index (χ1v) is 9.89. The molecule has 2 rings (SSSR count). The van der Waals surface area contributed by atoms with E-state index in [1.165, 1.54) is 5.56 Å². The number of piperidine rings is 1. The Balaban J connectivity index is 1.81. The molecule has 0 aromatic heterocycles. The van der Waals surface area contributed by atoms with Crippen molar-refractivity contribution in [3.63, 3.8) is 0 Å². The fourth-order valence-electron chi connectivity index (χ4n) is 3.33. The number of carbonyl (C=O) groups excluding carboxylic acids is 2. The molecule has 150 valence electrons. The third-order valence-electron chi connectivity index (χ3n) is 5.05. The number of nitrogens with zero attached hydrogens (tertiary/aromatic N) is 1. The zero-order chi connectivity index (χ0) is 19.7. The fourth-order valence-corrected chi connectivity index (χ4v) is 3.33. The Hall–Kier alpha value is -2.08. The van der Waals surface area contributed by atoms with Crippen LogP contribution in [0.25, 0.3) is 0 Å². The van der Waals surface area contributed by atoms with Crippen molar-refractivity contribution in [1.29, 1.82) is 0 Å². The molecule has 0 radical (unpaired) electrons. The number of nitrogens with one attached hydrogen (secondary N) is 2. The predicted octanol–water partition coefficient (Wildman–Crippen LogP) is 2.85. The first kappa shape index (κ1) is 21.2. The zero-order valence-corrected chi connectivity index (χ0v) is 16.8. The van der Waals surface area contributed by atoms with Crippen LogP contribution in [0.3, 0.4) is 0 Å². The Bertz CT molecular complexity index is 618. The zero-order valence-electron chi connectivity index (χ0n) is 16.8. The van der Waals surface area contributed by atoms with Crippen molar-refractivity contribution in [2.75, 3.05) is 32.8 Å². The lowest BCUT2D eigenvalue weighted by Crippen LogP contribution is -2.54. The summed E-state index contributed by atoms with van der Waals surface area (Å²) in [6.45, 7) is 9.53. The van der Waals surface area contributed by atoms with Crippen molar-refractivity contribution in [3.05, 3.63) is 35.4 Å². The SMILES string of the molecule is CCOCCCNC(=O)N1CCC[C@@](C)(C(=O)NCc2ccc(C)cc2)C1. The van der Waals surface area contributed by atoms with Gasteiger partial charge < -0.3 is 20.3 Å². The summed E-state index contributed by atoms with van der Waals surface area (Å²) in [5.41, 5.74) is 1.73. The second-order valence-corrected chi connectivity index (χ2v) is 7.54. The van der Waals surface area contributed by atoms with Crippen LogP contribution in [-0.4, -0.2) is 49.7 Å². The highest BCUT2D eigenvalue weighted by Gasteiger charge is 2.39. The molecule has 2 N–H and O–H groups in total. The molecule has 6 heteroatoms. The van der Waals surface area contributed by atoms with E-state index in [2.05, 4.69) is 10.6 Å². The van der Waals surface area contributed by atoms with Gasteiger partial charge in [0.25, 0.3) is 0 Å². The van der Waals surface area contributed by atoms with E-state index in [9.17, 15) is 9.59 Å². The van der Waals surface area contributed by atoms with Crippen molar-refractivity contribution in [2.24, 2.45) is 5.41 Å². The molecule has 1 heterocycles. The molecule has 27 heavy (non-hydrogen) atoms. The fraction of sp³-hybridized carbons (Fsp3) is 0.619. The third kappa shape index (κ3) is 6.54. The van der Waals surface area contributed by atoms with Crippen LogP contribution in [-0.2, 0) is 16.1 Å². The van der Waals surface area contributed by atoms with E-state index in [1.54, 1.807) is 4.90 Å². The van der Waals surface area contributed by atoms with Crippen LogP contribution < -0.4 is 10.6 Å². The van der Waals surface area contributed by atoms with Gasteiger partial charge in [0, 0.05) is 39.4 Å². The molecule has 0 unspecified atom stereocenters. The molecule has 1 atom stereocenters. The van der Waals surface area contributed by atoms with Gasteiger partial charge in [-0.25, -0.2) is 4.79 Å². The van der Waals surface area contributed by atoms with Crippen LogP contribution in [0.15, 0.2) is 24.3 Å². The molecule has 1 aromatic carbocycles. The second kappa shape index (κ2) is 10.3. The number of hydrogen-bond acceptors (Lipinski definition) is 3. The summed E-state index contributed by atoms with van der Waals surface area (Å²) in [7, 11) is 0. The Morgan fingerprint density at radius 2 is 1.96 bits per heavy atom. The minimum absolute atomic E-state index is 0.0110. The van der Waals surface area contributed by atoms with Crippen LogP contribution >= 0.6 is 0 Å². The van der Waals surface area contributed by atoms with E-state index in [4.69, 9.17) is 4.74 Å². The number of likely N-dealkylation sites (tertiary alicyclic amines) is 1. The molecule has 6 nitrogen and oxygen atoms in total. The van der Waals surface area contributed by atoms with Crippen LogP contribution in [0.4, 0.5) is 4.79 Å². The predicted molar refractivity (Wildman–Crippen MR) is 106 cm³/mol. The van der Waals surface area contributed by atoms with Gasteiger partial charge in [0.05, 0.1) is 5.41 Å². The quantitative estimate of drug-likeness (QED) is 0.687. The first-order valence-electron chi connectivity index (χ1n) is 9.89. The molecule has 1 aliphatic heterocycles. The van der Waals surface area contributed by atoms with E-state index in [1.807, 2.05) is 45.0 Å². The number of ether oxygens (including phenoxy) is 1. The highest BCUT2D eigenvalue weighted by atomic mass is 16.5. The maximum atomic E-state index is 12.8. The van der Waals surface area contributed by atoms with Crippen molar-refractivity contribution < 1.29 is 14.3 Å². The molecule has 1 aliphatic rings. The monoisotopic (exact) mass is 375 g/mol. The van der Waals surface area contributed by atoms with Crippen LogP contribution in [0.2, 0.25) is 0 Å². The number of amides is 3. The highest BCUT2D eigenvalue weighted by Crippen LogP contribution is 2.29. The Morgan fingerprint density at radius 1 is 1.22 bits per heavy atom. The molecule has 0 saturated carbocycles. The smallest absolute Gasteiger partial charge is 0.317 e. The normalized spacial score (nSPS) is 19.6. The van der Waals surface area contributed by atoms with Crippen molar-refractivity contribution in [2.45, 2.75) is 46.6 Å². The average molecular weight is 376 g/mol. The molecular weight excluding hydrogens is 342 g/mol. The summed E-state index contributed by atoms with van der Waals surface area (Å²) in [4.78, 5) is 26.9. The van der Waals surface area contributed by atoms with E-state index >= 15 is 0 Å². The highest BCUT2D eigenvalue weighted by molar-refractivity contribution is 5.84. The molecule has 1 aromatic rings. The third-order valence-corrected chi connectivity index (χ3v) is 5.05. The average Bonchev–Trinajstić information content (AvgIpc) is 2.67. The molecule has 0 aliphatic carbocycles. The van der Waals surface area contributed by atoms with Crippen molar-refractivity contribution in [3.8, 4) is 0 Å². The van der Waals surface area contributed by atoms with E-state index in [-0.39, 0.29) is 11.9 Å². The standard InChI is InChI=1S/C21H33N3O3/c1-4-27-14-6-12-22-20(26)24-13-5-11-21(3,16-24)19(25)23-15-18-9-7-17(2)8-10-18/h7-10H,4-6,11-16H2,1-3H3,(H,22,26)(H,23,25)/t21-/m1/s1. The number of rotatable bonds is 8. The first-order chi connectivity index (χ1) is 12.9. The summed E-state index contributed by atoms with van der Waals surface area (Å²) in [6, 6.07) is 8.05. The molecule has 1 saturated heterocycles. The molecule has 0 bridgehead atoms. The maximum Gasteiger partial charge on any atom is 0.317 e. The molecule has 0 spiro atoms. The van der Waals surface area contributed by atoms with Crippen LogP contribution in [0.1, 0.15) is 44.2 Å². The second-order valence-electron chi connectivity index (χ2n) is 7.54. The van der Waals surface area contributed by atoms with Gasteiger partial charge >= 0.3 is 6.03 Å². The minimum atomic E-state index is -0.550. The minimum Gasteiger partial charge on any atom is -0.382 e. The van der Waals surface area contributed by atoms with Crippen LogP contribution in [0, 0.1) is 12.3 Å². The van der Waals surface area contributed by atoms with Gasteiger partial charge in [0.15, 0.2) is 0 Å². The lowest BCUT2D eigenvalue weighted by Gasteiger charge is -2.39. The largest absolute Gasteiger partial charge is 0.382 e. The van der Waals surface area contributed by atoms with Gasteiger partial charge in [-0.05, 0) is 45.6 Å². The maximum absolute atomic E-state index is 12.8. The summed E-state index contributed by atoms with van der Waals surface area (Å²) in [5, 5.41) is 5.97. The molecule has 3 amide bonds. The number of benzene rings is 1. The van der Waals surface area contributed by atoms with Crippen molar-refractivity contribution >= 4 is 11.9 Å². The van der Waals surface area contributed by atoms with Gasteiger partial charge in [-0.3, -0.25) is 4.79 Å². The molecule has 1 fully saturated rings. The lowest BCUT2D eigenvalue weighted by atomic mass is 9.81. The summed E-state index contributed by atoms with van der Waals surface area (Å²) < 4.78 is 5.28. The van der Waals surface area contributed by atoms with E-state index in [0.29, 0.717) is 39.4 Å². The van der Waals surface area contributed by atoms with Crippen LogP contribution in [0.5, 0.6) is 0 Å². The number of urea groups is 1. The van der Waals surface area contributed by atoms with E-state index < -0.39 is 5.41 Å². The Labute approximate surface area is 162 Å². The Kier molecular flexibility index (Phi) is 8.10.